The average Bonchev–Trinajstić information content (AvgIpc) is 2.39. The standard InChI is InChI=1S/C13H10Br2N2O2/c1-19-9-2-3-11(15)10(7-9)13(18)17-12-6-8(14)4-5-16-12/h2-7H,1H3,(H,16,17,18). The van der Waals surface area contributed by atoms with Gasteiger partial charge in [0.25, 0.3) is 5.91 Å². The van der Waals surface area contributed by atoms with Crippen molar-refractivity contribution in [3.8, 4) is 5.75 Å². The number of nitrogens with one attached hydrogen (secondary N) is 1. The Morgan fingerprint density at radius 1 is 1.26 bits per heavy atom. The molecule has 1 amide bonds. The van der Waals surface area contributed by atoms with Gasteiger partial charge in [-0.25, -0.2) is 4.98 Å². The van der Waals surface area contributed by atoms with Gasteiger partial charge in [-0.15, -0.1) is 0 Å². The first-order valence-electron chi connectivity index (χ1n) is 5.36. The maximum Gasteiger partial charge on any atom is 0.258 e. The minimum Gasteiger partial charge on any atom is -0.497 e. The van der Waals surface area contributed by atoms with Gasteiger partial charge in [0.05, 0.1) is 12.7 Å². The average molecular weight is 386 g/mol. The largest absolute Gasteiger partial charge is 0.497 e. The van der Waals surface area contributed by atoms with E-state index in [0.29, 0.717) is 21.6 Å². The molecule has 1 heterocycles. The molecule has 98 valence electrons. The maximum absolute atomic E-state index is 12.2. The summed E-state index contributed by atoms with van der Waals surface area (Å²) in [5.74, 6) is 0.848. The van der Waals surface area contributed by atoms with Gasteiger partial charge in [-0.3, -0.25) is 4.79 Å². The van der Waals surface area contributed by atoms with Crippen molar-refractivity contribution in [3.63, 3.8) is 0 Å². The number of ether oxygens (including phenoxy) is 1. The zero-order valence-electron chi connectivity index (χ0n) is 9.98. The molecule has 0 unspecified atom stereocenters. The Morgan fingerprint density at radius 3 is 2.74 bits per heavy atom. The number of amides is 1. The fraction of sp³-hybridized carbons (Fsp3) is 0.0769. The summed E-state index contributed by atoms with van der Waals surface area (Å²) in [5, 5.41) is 2.73. The van der Waals surface area contributed by atoms with Crippen molar-refractivity contribution in [3.05, 3.63) is 51.0 Å². The Balaban J connectivity index is 2.25. The summed E-state index contributed by atoms with van der Waals surface area (Å²) in [6, 6.07) is 8.72. The SMILES string of the molecule is COc1ccc(Br)c(C(=O)Nc2cc(Br)ccn2)c1. The molecule has 19 heavy (non-hydrogen) atoms. The Hall–Kier alpha value is -1.40. The number of halogens is 2. The van der Waals surface area contributed by atoms with E-state index in [9.17, 15) is 4.79 Å². The van der Waals surface area contributed by atoms with E-state index in [1.54, 1.807) is 43.6 Å². The first kappa shape index (κ1) is 14.0. The molecular weight excluding hydrogens is 376 g/mol. The van der Waals surface area contributed by atoms with Crippen LogP contribution in [0.2, 0.25) is 0 Å². The van der Waals surface area contributed by atoms with E-state index in [1.807, 2.05) is 0 Å². The van der Waals surface area contributed by atoms with E-state index in [1.165, 1.54) is 0 Å². The summed E-state index contributed by atoms with van der Waals surface area (Å²) in [6.45, 7) is 0. The first-order chi connectivity index (χ1) is 9.10. The summed E-state index contributed by atoms with van der Waals surface area (Å²) in [6.07, 6.45) is 1.61. The van der Waals surface area contributed by atoms with Crippen LogP contribution in [0.15, 0.2) is 45.5 Å². The molecule has 0 fully saturated rings. The van der Waals surface area contributed by atoms with Crippen molar-refractivity contribution >= 4 is 43.6 Å². The molecule has 1 N–H and O–H groups in total. The van der Waals surface area contributed by atoms with Crippen molar-refractivity contribution in [2.75, 3.05) is 12.4 Å². The highest BCUT2D eigenvalue weighted by Crippen LogP contribution is 2.23. The second-order valence-electron chi connectivity index (χ2n) is 3.66. The van der Waals surface area contributed by atoms with Crippen LogP contribution in [0.3, 0.4) is 0 Å². The molecule has 1 aromatic carbocycles. The Kier molecular flexibility index (Phi) is 4.55. The van der Waals surface area contributed by atoms with E-state index >= 15 is 0 Å². The lowest BCUT2D eigenvalue weighted by Gasteiger charge is -2.08. The van der Waals surface area contributed by atoms with E-state index < -0.39 is 0 Å². The van der Waals surface area contributed by atoms with Gasteiger partial charge >= 0.3 is 0 Å². The Morgan fingerprint density at radius 2 is 2.05 bits per heavy atom. The minimum absolute atomic E-state index is 0.253. The van der Waals surface area contributed by atoms with Crippen molar-refractivity contribution in [1.29, 1.82) is 0 Å². The number of carbonyl (C=O) groups is 1. The lowest BCUT2D eigenvalue weighted by molar-refractivity contribution is 0.102. The highest BCUT2D eigenvalue weighted by molar-refractivity contribution is 9.10. The van der Waals surface area contributed by atoms with Gasteiger partial charge in [-0.1, -0.05) is 15.9 Å². The molecular formula is C13H10Br2N2O2. The number of hydrogen-bond donors (Lipinski definition) is 1. The molecule has 0 saturated carbocycles. The number of benzene rings is 1. The zero-order valence-corrected chi connectivity index (χ0v) is 13.2. The molecule has 0 saturated heterocycles. The number of aromatic nitrogens is 1. The van der Waals surface area contributed by atoms with Gasteiger partial charge < -0.3 is 10.1 Å². The van der Waals surface area contributed by atoms with Gasteiger partial charge in [0.1, 0.15) is 11.6 Å². The van der Waals surface area contributed by atoms with Crippen molar-refractivity contribution in [2.24, 2.45) is 0 Å². The van der Waals surface area contributed by atoms with Gasteiger partial charge in [0, 0.05) is 15.1 Å². The summed E-state index contributed by atoms with van der Waals surface area (Å²) in [4.78, 5) is 16.2. The molecule has 0 radical (unpaired) electrons. The van der Waals surface area contributed by atoms with Crippen LogP contribution in [-0.4, -0.2) is 18.0 Å². The predicted molar refractivity (Wildman–Crippen MR) is 80.6 cm³/mol. The van der Waals surface area contributed by atoms with Crippen LogP contribution in [0.1, 0.15) is 10.4 Å². The molecule has 2 rings (SSSR count). The molecule has 0 atom stereocenters. The summed E-state index contributed by atoms with van der Waals surface area (Å²) >= 11 is 6.67. The molecule has 0 aliphatic carbocycles. The van der Waals surface area contributed by atoms with E-state index in [-0.39, 0.29) is 5.91 Å². The monoisotopic (exact) mass is 384 g/mol. The second-order valence-corrected chi connectivity index (χ2v) is 5.43. The van der Waals surface area contributed by atoms with Gasteiger partial charge in [-0.05, 0) is 46.3 Å². The van der Waals surface area contributed by atoms with Gasteiger partial charge in [0.2, 0.25) is 0 Å². The third-order valence-corrected chi connectivity index (χ3v) is 3.57. The van der Waals surface area contributed by atoms with E-state index in [2.05, 4.69) is 42.2 Å². The van der Waals surface area contributed by atoms with Crippen LogP contribution in [0.5, 0.6) is 5.75 Å². The number of nitrogens with zero attached hydrogens (tertiary/aromatic N) is 1. The quantitative estimate of drug-likeness (QED) is 0.872. The third kappa shape index (κ3) is 3.54. The topological polar surface area (TPSA) is 51.2 Å². The van der Waals surface area contributed by atoms with Crippen LogP contribution in [0.25, 0.3) is 0 Å². The smallest absolute Gasteiger partial charge is 0.258 e. The maximum atomic E-state index is 12.2. The first-order valence-corrected chi connectivity index (χ1v) is 6.95. The number of methoxy groups -OCH3 is 1. The molecule has 0 aliphatic rings. The fourth-order valence-electron chi connectivity index (χ4n) is 1.46. The highest BCUT2D eigenvalue weighted by Gasteiger charge is 2.12. The number of rotatable bonds is 3. The highest BCUT2D eigenvalue weighted by atomic mass is 79.9. The Labute approximate surface area is 127 Å². The van der Waals surface area contributed by atoms with Crippen molar-refractivity contribution < 1.29 is 9.53 Å². The molecule has 2 aromatic rings. The molecule has 0 bridgehead atoms. The van der Waals surface area contributed by atoms with Gasteiger partial charge in [-0.2, -0.15) is 0 Å². The summed E-state index contributed by atoms with van der Waals surface area (Å²) in [5.41, 5.74) is 0.487. The van der Waals surface area contributed by atoms with Crippen LogP contribution in [0.4, 0.5) is 5.82 Å². The molecule has 4 nitrogen and oxygen atoms in total. The van der Waals surface area contributed by atoms with Crippen molar-refractivity contribution in [1.82, 2.24) is 4.98 Å². The van der Waals surface area contributed by atoms with E-state index in [4.69, 9.17) is 4.74 Å². The van der Waals surface area contributed by atoms with E-state index in [0.717, 1.165) is 4.47 Å². The molecule has 0 spiro atoms. The summed E-state index contributed by atoms with van der Waals surface area (Å²) in [7, 11) is 1.56. The number of hydrogen-bond acceptors (Lipinski definition) is 3. The number of carbonyl (C=O) groups excluding carboxylic acids is 1. The molecule has 6 heteroatoms. The predicted octanol–water partition coefficient (Wildman–Crippen LogP) is 3.87. The number of anilines is 1. The second kappa shape index (κ2) is 6.16. The Bertz CT molecular complexity index is 617. The lowest BCUT2D eigenvalue weighted by atomic mass is 10.2. The normalized spacial score (nSPS) is 10.1. The zero-order chi connectivity index (χ0) is 13.8. The van der Waals surface area contributed by atoms with Crippen LogP contribution in [0, 0.1) is 0 Å². The van der Waals surface area contributed by atoms with Crippen molar-refractivity contribution in [2.45, 2.75) is 0 Å². The molecule has 0 aliphatic heterocycles. The summed E-state index contributed by atoms with van der Waals surface area (Å²) < 4.78 is 6.65. The minimum atomic E-state index is -0.253. The van der Waals surface area contributed by atoms with Crippen LogP contribution in [-0.2, 0) is 0 Å². The number of pyridine rings is 1. The van der Waals surface area contributed by atoms with Gasteiger partial charge in [0.15, 0.2) is 0 Å². The van der Waals surface area contributed by atoms with Crippen LogP contribution >= 0.6 is 31.9 Å². The fourth-order valence-corrected chi connectivity index (χ4v) is 2.22. The lowest BCUT2D eigenvalue weighted by Crippen LogP contribution is -2.13. The third-order valence-electron chi connectivity index (χ3n) is 2.38. The van der Waals surface area contributed by atoms with Crippen LogP contribution < -0.4 is 10.1 Å². The molecule has 1 aromatic heterocycles.